The molecule has 4 N–H and O–H groups in total. The van der Waals surface area contributed by atoms with Crippen LogP contribution < -0.4 is 16.4 Å². The first-order valence-electron chi connectivity index (χ1n) is 6.93. The molecule has 0 atom stereocenters. The third-order valence-corrected chi connectivity index (χ3v) is 3.41. The van der Waals surface area contributed by atoms with Crippen LogP contribution in [0.3, 0.4) is 0 Å². The van der Waals surface area contributed by atoms with Gasteiger partial charge in [0.05, 0.1) is 11.1 Å². The lowest BCUT2D eigenvalue weighted by Crippen LogP contribution is -2.33. The van der Waals surface area contributed by atoms with Gasteiger partial charge in [0.25, 0.3) is 11.8 Å². The second-order valence-corrected chi connectivity index (χ2v) is 5.04. The fourth-order valence-corrected chi connectivity index (χ4v) is 2.40. The number of rotatable bonds is 4. The highest BCUT2D eigenvalue weighted by Gasteiger charge is 2.23. The number of anilines is 1. The molecule has 2 aromatic heterocycles. The van der Waals surface area contributed by atoms with Crippen LogP contribution in [-0.2, 0) is 17.8 Å². The molecular formula is C14H14N6O3. The Bertz CT molecular complexity index is 798. The van der Waals surface area contributed by atoms with E-state index >= 15 is 0 Å². The summed E-state index contributed by atoms with van der Waals surface area (Å²) in [5.41, 5.74) is 6.49. The van der Waals surface area contributed by atoms with E-state index in [9.17, 15) is 14.4 Å². The maximum Gasteiger partial charge on any atom is 0.258 e. The van der Waals surface area contributed by atoms with Gasteiger partial charge in [-0.15, -0.1) is 0 Å². The molecule has 0 fully saturated rings. The number of amides is 3. The molecule has 0 saturated heterocycles. The van der Waals surface area contributed by atoms with Crippen molar-refractivity contribution in [3.8, 4) is 0 Å². The second-order valence-electron chi connectivity index (χ2n) is 5.04. The summed E-state index contributed by atoms with van der Waals surface area (Å²) in [6.07, 6.45) is 4.96. The van der Waals surface area contributed by atoms with Crippen molar-refractivity contribution in [3.63, 3.8) is 0 Å². The first-order valence-corrected chi connectivity index (χ1v) is 6.93. The van der Waals surface area contributed by atoms with Crippen molar-refractivity contribution in [1.82, 2.24) is 20.1 Å². The highest BCUT2D eigenvalue weighted by atomic mass is 16.2. The number of fused-ring (bicyclic) bond motifs is 1. The number of primary amides is 1. The Labute approximate surface area is 130 Å². The summed E-state index contributed by atoms with van der Waals surface area (Å²) in [6, 6.07) is 1.55. The Hall–Kier alpha value is -3.23. The van der Waals surface area contributed by atoms with E-state index < -0.39 is 11.8 Å². The fraction of sp³-hybridized carbons (Fsp3) is 0.214. The molecule has 23 heavy (non-hydrogen) atoms. The standard InChI is InChI=1S/C14H14N6O3/c15-11(21)7-20-4-2-12(19-20)18-14(23)10-6-16-5-9-8(10)1-3-17-13(9)22/h2,4-6H,1,3,7H2,(H2,15,21)(H,17,22)(H,18,19,23). The van der Waals surface area contributed by atoms with Gasteiger partial charge in [0, 0.05) is 31.2 Å². The number of nitrogens with two attached hydrogens (primary N) is 1. The van der Waals surface area contributed by atoms with Crippen molar-refractivity contribution in [3.05, 3.63) is 41.3 Å². The van der Waals surface area contributed by atoms with Gasteiger partial charge in [0.1, 0.15) is 6.54 Å². The lowest BCUT2D eigenvalue weighted by Gasteiger charge is -2.18. The SMILES string of the molecule is NC(=O)Cn1ccc(NC(=O)c2cncc3c2CCNC3=O)n1. The minimum absolute atomic E-state index is 0.0711. The molecule has 0 aliphatic carbocycles. The summed E-state index contributed by atoms with van der Waals surface area (Å²) in [7, 11) is 0. The van der Waals surface area contributed by atoms with E-state index in [0.717, 1.165) is 0 Å². The quantitative estimate of drug-likeness (QED) is 0.686. The molecule has 0 radical (unpaired) electrons. The van der Waals surface area contributed by atoms with Crippen LogP contribution in [0.1, 0.15) is 26.3 Å². The van der Waals surface area contributed by atoms with Crippen LogP contribution in [0, 0.1) is 0 Å². The highest BCUT2D eigenvalue weighted by molar-refractivity contribution is 6.07. The Morgan fingerprint density at radius 2 is 2.22 bits per heavy atom. The van der Waals surface area contributed by atoms with Crippen LogP contribution in [0.25, 0.3) is 0 Å². The van der Waals surface area contributed by atoms with E-state index in [-0.39, 0.29) is 18.3 Å². The molecule has 3 rings (SSSR count). The average molecular weight is 314 g/mol. The minimum atomic E-state index is -0.529. The van der Waals surface area contributed by atoms with E-state index in [0.29, 0.717) is 29.7 Å². The van der Waals surface area contributed by atoms with Crippen LogP contribution in [0.5, 0.6) is 0 Å². The van der Waals surface area contributed by atoms with Gasteiger partial charge in [0.15, 0.2) is 5.82 Å². The van der Waals surface area contributed by atoms with Gasteiger partial charge in [-0.1, -0.05) is 0 Å². The van der Waals surface area contributed by atoms with Gasteiger partial charge in [-0.2, -0.15) is 5.10 Å². The third-order valence-electron chi connectivity index (χ3n) is 3.41. The van der Waals surface area contributed by atoms with E-state index in [1.54, 1.807) is 6.07 Å². The monoisotopic (exact) mass is 314 g/mol. The van der Waals surface area contributed by atoms with Crippen LogP contribution in [-0.4, -0.2) is 39.0 Å². The molecule has 1 aliphatic rings. The fourth-order valence-electron chi connectivity index (χ4n) is 2.40. The molecule has 0 unspecified atom stereocenters. The smallest absolute Gasteiger partial charge is 0.258 e. The number of nitrogens with one attached hydrogen (secondary N) is 2. The molecule has 0 bridgehead atoms. The second kappa shape index (κ2) is 5.87. The normalized spacial score (nSPS) is 13.1. The van der Waals surface area contributed by atoms with E-state index in [1.165, 1.54) is 23.3 Å². The summed E-state index contributed by atoms with van der Waals surface area (Å²) in [5.74, 6) is -0.889. The summed E-state index contributed by atoms with van der Waals surface area (Å²) < 4.78 is 1.32. The van der Waals surface area contributed by atoms with Crippen LogP contribution in [0.15, 0.2) is 24.7 Å². The van der Waals surface area contributed by atoms with Crippen LogP contribution >= 0.6 is 0 Å². The molecule has 0 saturated carbocycles. The topological polar surface area (TPSA) is 132 Å². The van der Waals surface area contributed by atoms with Gasteiger partial charge >= 0.3 is 0 Å². The lowest BCUT2D eigenvalue weighted by molar-refractivity contribution is -0.118. The molecule has 9 nitrogen and oxygen atoms in total. The Kier molecular flexibility index (Phi) is 3.75. The van der Waals surface area contributed by atoms with E-state index in [1.807, 2.05) is 0 Å². The Morgan fingerprint density at radius 1 is 1.39 bits per heavy atom. The maximum atomic E-state index is 12.4. The maximum absolute atomic E-state index is 12.4. The summed E-state index contributed by atoms with van der Waals surface area (Å²) in [4.78, 5) is 39.0. The molecule has 3 heterocycles. The zero-order valence-corrected chi connectivity index (χ0v) is 12.1. The van der Waals surface area contributed by atoms with Crippen LogP contribution in [0.2, 0.25) is 0 Å². The largest absolute Gasteiger partial charge is 0.368 e. The molecule has 2 aromatic rings. The molecule has 1 aliphatic heterocycles. The molecule has 3 amide bonds. The summed E-state index contributed by atoms with van der Waals surface area (Å²) >= 11 is 0. The lowest BCUT2D eigenvalue weighted by atomic mass is 9.97. The first-order chi connectivity index (χ1) is 11.0. The Morgan fingerprint density at radius 3 is 3.00 bits per heavy atom. The number of hydrogen-bond acceptors (Lipinski definition) is 5. The number of aromatic nitrogens is 3. The third kappa shape index (κ3) is 3.03. The van der Waals surface area contributed by atoms with Crippen molar-refractivity contribution in [2.45, 2.75) is 13.0 Å². The highest BCUT2D eigenvalue weighted by Crippen LogP contribution is 2.18. The van der Waals surface area contributed by atoms with Crippen LogP contribution in [0.4, 0.5) is 5.82 Å². The van der Waals surface area contributed by atoms with Gasteiger partial charge in [0.2, 0.25) is 5.91 Å². The van der Waals surface area contributed by atoms with Crippen molar-refractivity contribution in [1.29, 1.82) is 0 Å². The van der Waals surface area contributed by atoms with Crippen molar-refractivity contribution >= 4 is 23.5 Å². The van der Waals surface area contributed by atoms with Gasteiger partial charge < -0.3 is 16.4 Å². The number of nitrogens with zero attached hydrogens (tertiary/aromatic N) is 3. The summed E-state index contributed by atoms with van der Waals surface area (Å²) in [6.45, 7) is 0.404. The Balaban J connectivity index is 1.81. The minimum Gasteiger partial charge on any atom is -0.368 e. The first kappa shape index (κ1) is 14.7. The number of pyridine rings is 1. The zero-order chi connectivity index (χ0) is 16.4. The zero-order valence-electron chi connectivity index (χ0n) is 12.1. The number of hydrogen-bond donors (Lipinski definition) is 3. The van der Waals surface area contributed by atoms with E-state index in [2.05, 4.69) is 20.7 Å². The van der Waals surface area contributed by atoms with Gasteiger partial charge in [-0.25, -0.2) is 0 Å². The molecular weight excluding hydrogens is 300 g/mol. The predicted molar refractivity (Wildman–Crippen MR) is 79.6 cm³/mol. The molecule has 0 aromatic carbocycles. The number of carbonyl (C=O) groups is 3. The average Bonchev–Trinajstić information content (AvgIpc) is 2.93. The predicted octanol–water partition coefficient (Wildman–Crippen LogP) is -0.698. The van der Waals surface area contributed by atoms with Crippen molar-refractivity contribution < 1.29 is 14.4 Å². The van der Waals surface area contributed by atoms with Crippen molar-refractivity contribution in [2.75, 3.05) is 11.9 Å². The summed E-state index contributed by atoms with van der Waals surface area (Å²) in [5, 5.41) is 9.35. The molecule has 9 heteroatoms. The molecule has 0 spiro atoms. The van der Waals surface area contributed by atoms with Gasteiger partial charge in [-0.3, -0.25) is 24.0 Å². The molecule has 118 valence electrons. The van der Waals surface area contributed by atoms with E-state index in [4.69, 9.17) is 5.73 Å². The number of carbonyl (C=O) groups excluding carboxylic acids is 3. The van der Waals surface area contributed by atoms with Gasteiger partial charge in [-0.05, 0) is 12.0 Å². The van der Waals surface area contributed by atoms with Crippen molar-refractivity contribution in [2.24, 2.45) is 5.73 Å².